The summed E-state index contributed by atoms with van der Waals surface area (Å²) >= 11 is 0. The molecular weight excluding hydrogens is 359 g/mol. The average Bonchev–Trinajstić information content (AvgIpc) is 2.63. The summed E-state index contributed by atoms with van der Waals surface area (Å²) in [5, 5.41) is 0. The van der Waals surface area contributed by atoms with E-state index in [-0.39, 0.29) is 18.1 Å². The predicted octanol–water partition coefficient (Wildman–Crippen LogP) is 3.92. The highest BCUT2D eigenvalue weighted by Gasteiger charge is 2.33. The van der Waals surface area contributed by atoms with Crippen molar-refractivity contribution in [2.24, 2.45) is 0 Å². The van der Waals surface area contributed by atoms with Crippen molar-refractivity contribution >= 4 is 13.6 Å². The summed E-state index contributed by atoms with van der Waals surface area (Å²) in [6, 6.07) is 12.9. The average molecular weight is 380 g/mol. The van der Waals surface area contributed by atoms with E-state index in [1.165, 1.54) is 14.2 Å². The highest BCUT2D eigenvalue weighted by Crippen LogP contribution is 2.48. The van der Waals surface area contributed by atoms with E-state index in [0.717, 1.165) is 0 Å². The molecular formula is C18H21O7P. The normalized spacial score (nSPS) is 10.7. The number of hydrogen-bond acceptors (Lipinski definition) is 7. The van der Waals surface area contributed by atoms with Crippen molar-refractivity contribution in [2.45, 2.75) is 6.92 Å². The number of esters is 1. The standard InChI is InChI=1S/C18H21O7P/c1-4-23-18(19)13-26(20,24-16-9-5-14(21-2)6-10-16)25-17-11-7-15(22-3)8-12-17/h5-12H,4,13H2,1-3H3. The van der Waals surface area contributed by atoms with Crippen molar-refractivity contribution in [3.8, 4) is 23.0 Å². The Morgan fingerprint density at radius 1 is 0.808 bits per heavy atom. The van der Waals surface area contributed by atoms with Gasteiger partial charge in [-0.2, -0.15) is 0 Å². The van der Waals surface area contributed by atoms with Gasteiger partial charge in [0.25, 0.3) is 0 Å². The molecule has 0 saturated heterocycles. The fourth-order valence-electron chi connectivity index (χ4n) is 2.04. The third-order valence-electron chi connectivity index (χ3n) is 3.24. The van der Waals surface area contributed by atoms with Crippen molar-refractivity contribution in [3.05, 3.63) is 48.5 Å². The maximum atomic E-state index is 13.1. The predicted molar refractivity (Wildman–Crippen MR) is 96.4 cm³/mol. The Bertz CT molecular complexity index is 703. The SMILES string of the molecule is CCOC(=O)CP(=O)(Oc1ccc(OC)cc1)Oc1ccc(OC)cc1. The number of benzene rings is 2. The van der Waals surface area contributed by atoms with Gasteiger partial charge in [0.05, 0.1) is 20.8 Å². The molecule has 0 unspecified atom stereocenters. The molecule has 0 bridgehead atoms. The Labute approximate surface area is 152 Å². The summed E-state index contributed by atoms with van der Waals surface area (Å²) in [7, 11) is -0.780. The van der Waals surface area contributed by atoms with Gasteiger partial charge in [-0.05, 0) is 55.5 Å². The van der Waals surface area contributed by atoms with E-state index in [9.17, 15) is 9.36 Å². The molecule has 0 saturated carbocycles. The second-order valence-corrected chi connectivity index (χ2v) is 7.01. The number of carbonyl (C=O) groups excluding carboxylic acids is 1. The van der Waals surface area contributed by atoms with Crippen LogP contribution in [0.3, 0.4) is 0 Å². The minimum absolute atomic E-state index is 0.171. The molecule has 2 aromatic carbocycles. The highest BCUT2D eigenvalue weighted by molar-refractivity contribution is 7.55. The van der Waals surface area contributed by atoms with Crippen molar-refractivity contribution in [3.63, 3.8) is 0 Å². The Morgan fingerprint density at radius 3 is 1.54 bits per heavy atom. The van der Waals surface area contributed by atoms with Gasteiger partial charge in [0.1, 0.15) is 23.0 Å². The number of rotatable bonds is 9. The molecule has 26 heavy (non-hydrogen) atoms. The lowest BCUT2D eigenvalue weighted by Gasteiger charge is -2.19. The summed E-state index contributed by atoms with van der Waals surface area (Å²) in [5.41, 5.74) is 0. The molecule has 0 aromatic heterocycles. The Balaban J connectivity index is 2.21. The van der Waals surface area contributed by atoms with Gasteiger partial charge in [0, 0.05) is 0 Å². The fourth-order valence-corrected chi connectivity index (χ4v) is 3.50. The van der Waals surface area contributed by atoms with Gasteiger partial charge in [0.2, 0.25) is 0 Å². The first-order valence-electron chi connectivity index (χ1n) is 7.90. The lowest BCUT2D eigenvalue weighted by molar-refractivity contribution is -0.140. The first-order valence-corrected chi connectivity index (χ1v) is 9.63. The number of hydrogen-bond donors (Lipinski definition) is 0. The van der Waals surface area contributed by atoms with Crippen LogP contribution >= 0.6 is 7.60 Å². The van der Waals surface area contributed by atoms with E-state index in [0.29, 0.717) is 11.5 Å². The molecule has 2 aromatic rings. The van der Waals surface area contributed by atoms with E-state index in [1.807, 2.05) is 0 Å². The van der Waals surface area contributed by atoms with Crippen LogP contribution in [0, 0.1) is 0 Å². The maximum absolute atomic E-state index is 13.1. The van der Waals surface area contributed by atoms with Gasteiger partial charge in [-0.3, -0.25) is 4.79 Å². The van der Waals surface area contributed by atoms with Gasteiger partial charge >= 0.3 is 13.6 Å². The molecule has 8 heteroatoms. The minimum atomic E-state index is -3.85. The zero-order chi connectivity index (χ0) is 19.0. The van der Waals surface area contributed by atoms with Crippen molar-refractivity contribution in [1.29, 1.82) is 0 Å². The van der Waals surface area contributed by atoms with Gasteiger partial charge in [0.15, 0.2) is 6.16 Å². The Hall–Kier alpha value is -2.66. The lowest BCUT2D eigenvalue weighted by atomic mass is 10.3. The quantitative estimate of drug-likeness (QED) is 0.482. The van der Waals surface area contributed by atoms with Gasteiger partial charge in [-0.1, -0.05) is 0 Å². The van der Waals surface area contributed by atoms with E-state index in [4.69, 9.17) is 23.3 Å². The minimum Gasteiger partial charge on any atom is -0.497 e. The highest BCUT2D eigenvalue weighted by atomic mass is 31.2. The monoisotopic (exact) mass is 380 g/mol. The van der Waals surface area contributed by atoms with E-state index in [1.54, 1.807) is 55.5 Å². The molecule has 0 spiro atoms. The number of ether oxygens (including phenoxy) is 3. The maximum Gasteiger partial charge on any atom is 0.441 e. The lowest BCUT2D eigenvalue weighted by Crippen LogP contribution is -2.15. The Morgan fingerprint density at radius 2 is 1.19 bits per heavy atom. The molecule has 0 aliphatic rings. The smallest absolute Gasteiger partial charge is 0.441 e. The molecule has 0 radical (unpaired) electrons. The molecule has 140 valence electrons. The van der Waals surface area contributed by atoms with E-state index in [2.05, 4.69) is 0 Å². The van der Waals surface area contributed by atoms with E-state index < -0.39 is 19.7 Å². The number of carbonyl (C=O) groups is 1. The molecule has 0 amide bonds. The molecule has 0 heterocycles. The van der Waals surface area contributed by atoms with Gasteiger partial charge in [-0.25, -0.2) is 4.57 Å². The molecule has 0 atom stereocenters. The summed E-state index contributed by atoms with van der Waals surface area (Å²) in [6.45, 7) is 1.83. The summed E-state index contributed by atoms with van der Waals surface area (Å²) in [4.78, 5) is 11.8. The zero-order valence-electron chi connectivity index (χ0n) is 14.8. The number of methoxy groups -OCH3 is 2. The van der Waals surface area contributed by atoms with Crippen LogP contribution in [0.5, 0.6) is 23.0 Å². The molecule has 0 aliphatic heterocycles. The third kappa shape index (κ3) is 5.70. The molecule has 0 fully saturated rings. The van der Waals surface area contributed by atoms with Crippen LogP contribution in [0.25, 0.3) is 0 Å². The second kappa shape index (κ2) is 9.15. The van der Waals surface area contributed by atoms with Crippen molar-refractivity contribution < 1.29 is 32.6 Å². The summed E-state index contributed by atoms with van der Waals surface area (Å²) in [5.74, 6) is 1.14. The van der Waals surface area contributed by atoms with Crippen LogP contribution in [0.1, 0.15) is 6.92 Å². The second-order valence-electron chi connectivity index (χ2n) is 5.11. The topological polar surface area (TPSA) is 80.3 Å². The first-order chi connectivity index (χ1) is 12.5. The molecule has 2 rings (SSSR count). The molecule has 0 aliphatic carbocycles. The largest absolute Gasteiger partial charge is 0.497 e. The van der Waals surface area contributed by atoms with Crippen molar-refractivity contribution in [1.82, 2.24) is 0 Å². The fraction of sp³-hybridized carbons (Fsp3) is 0.278. The summed E-state index contributed by atoms with van der Waals surface area (Å²) < 4.78 is 39.2. The molecule has 0 N–H and O–H groups in total. The van der Waals surface area contributed by atoms with Crippen LogP contribution in [0.15, 0.2) is 48.5 Å². The first kappa shape index (κ1) is 19.7. The van der Waals surface area contributed by atoms with Crippen LogP contribution in [-0.4, -0.2) is 33.0 Å². The Kier molecular flexibility index (Phi) is 6.92. The van der Waals surface area contributed by atoms with Gasteiger partial charge < -0.3 is 23.3 Å². The van der Waals surface area contributed by atoms with Crippen LogP contribution in [-0.2, 0) is 14.1 Å². The zero-order valence-corrected chi connectivity index (χ0v) is 15.7. The third-order valence-corrected chi connectivity index (χ3v) is 4.86. The van der Waals surface area contributed by atoms with E-state index >= 15 is 0 Å². The van der Waals surface area contributed by atoms with Crippen molar-refractivity contribution in [2.75, 3.05) is 27.0 Å². The van der Waals surface area contributed by atoms with Crippen LogP contribution in [0.4, 0.5) is 0 Å². The van der Waals surface area contributed by atoms with Crippen LogP contribution in [0.2, 0.25) is 0 Å². The van der Waals surface area contributed by atoms with Crippen LogP contribution < -0.4 is 18.5 Å². The van der Waals surface area contributed by atoms with Gasteiger partial charge in [-0.15, -0.1) is 0 Å². The molecule has 7 nitrogen and oxygen atoms in total. The summed E-state index contributed by atoms with van der Waals surface area (Å²) in [6.07, 6.45) is -0.515.